The van der Waals surface area contributed by atoms with Crippen molar-refractivity contribution in [3.63, 3.8) is 0 Å². The van der Waals surface area contributed by atoms with E-state index in [0.717, 1.165) is 25.3 Å². The Morgan fingerprint density at radius 3 is 3.07 bits per heavy atom. The highest BCUT2D eigenvalue weighted by Crippen LogP contribution is 2.22. The molecule has 0 aromatic heterocycles. The molecular formula is C12H18N2O. The molecule has 0 spiro atoms. The second kappa shape index (κ2) is 4.64. The summed E-state index contributed by atoms with van der Waals surface area (Å²) in [6.07, 6.45) is 1.12. The van der Waals surface area contributed by atoms with Gasteiger partial charge in [-0.25, -0.2) is 0 Å². The van der Waals surface area contributed by atoms with Crippen molar-refractivity contribution in [3.05, 3.63) is 29.3 Å². The Labute approximate surface area is 90.8 Å². The standard InChI is InChI=1S/C12H18N2O/c1-14-6-4-10-8-12(15-7-5-13)3-2-11(10)9-14/h2-3,8H,4-7,9,13H2,1H3. The van der Waals surface area contributed by atoms with Crippen molar-refractivity contribution >= 4 is 0 Å². The minimum atomic E-state index is 0.569. The van der Waals surface area contributed by atoms with Crippen LogP contribution in [0.25, 0.3) is 0 Å². The quantitative estimate of drug-likeness (QED) is 0.802. The zero-order valence-electron chi connectivity index (χ0n) is 9.20. The van der Waals surface area contributed by atoms with Crippen LogP contribution in [0.5, 0.6) is 5.75 Å². The number of rotatable bonds is 3. The summed E-state index contributed by atoms with van der Waals surface area (Å²) in [6, 6.07) is 6.35. The van der Waals surface area contributed by atoms with Gasteiger partial charge in [-0.3, -0.25) is 0 Å². The lowest BCUT2D eigenvalue weighted by Crippen LogP contribution is -2.26. The first-order valence-corrected chi connectivity index (χ1v) is 5.43. The summed E-state index contributed by atoms with van der Waals surface area (Å²) in [5, 5.41) is 0. The number of nitrogens with zero attached hydrogens (tertiary/aromatic N) is 1. The highest BCUT2D eigenvalue weighted by Gasteiger charge is 2.13. The molecule has 0 bridgehead atoms. The molecule has 0 unspecified atom stereocenters. The van der Waals surface area contributed by atoms with Crippen molar-refractivity contribution < 1.29 is 4.74 Å². The molecule has 2 rings (SSSR count). The summed E-state index contributed by atoms with van der Waals surface area (Å²) in [4.78, 5) is 2.34. The number of hydrogen-bond donors (Lipinski definition) is 1. The maximum absolute atomic E-state index is 5.51. The van der Waals surface area contributed by atoms with Gasteiger partial charge in [0.15, 0.2) is 0 Å². The molecule has 0 atom stereocenters. The third-order valence-corrected chi connectivity index (χ3v) is 2.77. The van der Waals surface area contributed by atoms with Crippen LogP contribution in [0, 0.1) is 0 Å². The zero-order valence-corrected chi connectivity index (χ0v) is 9.20. The van der Waals surface area contributed by atoms with Gasteiger partial charge < -0.3 is 15.4 Å². The highest BCUT2D eigenvalue weighted by atomic mass is 16.5. The SMILES string of the molecule is CN1CCc2cc(OCCN)ccc2C1. The third kappa shape index (κ3) is 2.49. The Balaban J connectivity index is 2.12. The molecule has 82 valence electrons. The average Bonchev–Trinajstić information content (AvgIpc) is 2.26. The number of nitrogens with two attached hydrogens (primary N) is 1. The van der Waals surface area contributed by atoms with Crippen molar-refractivity contribution in [3.8, 4) is 5.75 Å². The topological polar surface area (TPSA) is 38.5 Å². The molecule has 1 aromatic carbocycles. The molecular weight excluding hydrogens is 188 g/mol. The van der Waals surface area contributed by atoms with Crippen LogP contribution in [0.4, 0.5) is 0 Å². The van der Waals surface area contributed by atoms with Crippen LogP contribution in [0.15, 0.2) is 18.2 Å². The molecule has 1 aromatic rings. The normalized spacial score (nSPS) is 16.1. The number of ether oxygens (including phenoxy) is 1. The van der Waals surface area contributed by atoms with Gasteiger partial charge in [-0.2, -0.15) is 0 Å². The van der Waals surface area contributed by atoms with Crippen molar-refractivity contribution in [2.45, 2.75) is 13.0 Å². The van der Waals surface area contributed by atoms with E-state index < -0.39 is 0 Å². The summed E-state index contributed by atoms with van der Waals surface area (Å²) in [5.74, 6) is 0.948. The van der Waals surface area contributed by atoms with E-state index in [0.29, 0.717) is 13.2 Å². The van der Waals surface area contributed by atoms with Crippen LogP contribution in [0.3, 0.4) is 0 Å². The van der Waals surface area contributed by atoms with E-state index in [2.05, 4.69) is 24.1 Å². The highest BCUT2D eigenvalue weighted by molar-refractivity contribution is 5.37. The summed E-state index contributed by atoms with van der Waals surface area (Å²) < 4.78 is 5.51. The molecule has 3 nitrogen and oxygen atoms in total. The van der Waals surface area contributed by atoms with Crippen LogP contribution in [-0.2, 0) is 13.0 Å². The number of benzene rings is 1. The fraction of sp³-hybridized carbons (Fsp3) is 0.500. The predicted molar refractivity (Wildman–Crippen MR) is 61.0 cm³/mol. The Bertz CT molecular complexity index is 338. The first-order valence-electron chi connectivity index (χ1n) is 5.43. The van der Waals surface area contributed by atoms with Crippen molar-refractivity contribution in [2.75, 3.05) is 26.7 Å². The van der Waals surface area contributed by atoms with E-state index in [4.69, 9.17) is 10.5 Å². The number of likely N-dealkylation sites (N-methyl/N-ethyl adjacent to an activating group) is 1. The van der Waals surface area contributed by atoms with Gasteiger partial charge in [-0.05, 0) is 36.7 Å². The van der Waals surface area contributed by atoms with Gasteiger partial charge in [0.25, 0.3) is 0 Å². The van der Waals surface area contributed by atoms with E-state index >= 15 is 0 Å². The second-order valence-electron chi connectivity index (χ2n) is 4.06. The van der Waals surface area contributed by atoms with E-state index in [-0.39, 0.29) is 0 Å². The lowest BCUT2D eigenvalue weighted by atomic mass is 10.00. The van der Waals surface area contributed by atoms with Crippen molar-refractivity contribution in [1.82, 2.24) is 4.90 Å². The Morgan fingerprint density at radius 1 is 1.40 bits per heavy atom. The molecule has 3 heteroatoms. The van der Waals surface area contributed by atoms with E-state index in [9.17, 15) is 0 Å². The molecule has 0 fully saturated rings. The molecule has 15 heavy (non-hydrogen) atoms. The summed E-state index contributed by atoms with van der Waals surface area (Å²) in [5.41, 5.74) is 8.24. The first kappa shape index (κ1) is 10.5. The average molecular weight is 206 g/mol. The maximum atomic E-state index is 5.51. The minimum absolute atomic E-state index is 0.569. The molecule has 2 N–H and O–H groups in total. The molecule has 0 radical (unpaired) electrons. The van der Waals surface area contributed by atoms with E-state index in [1.54, 1.807) is 0 Å². The second-order valence-corrected chi connectivity index (χ2v) is 4.06. The Morgan fingerprint density at radius 2 is 2.27 bits per heavy atom. The van der Waals surface area contributed by atoms with Crippen LogP contribution in [-0.4, -0.2) is 31.6 Å². The predicted octanol–water partition coefficient (Wildman–Crippen LogP) is 1.01. The minimum Gasteiger partial charge on any atom is -0.492 e. The lowest BCUT2D eigenvalue weighted by Gasteiger charge is -2.25. The zero-order chi connectivity index (χ0) is 10.7. The summed E-state index contributed by atoms with van der Waals surface area (Å²) in [6.45, 7) is 3.35. The fourth-order valence-electron chi connectivity index (χ4n) is 1.94. The van der Waals surface area contributed by atoms with Gasteiger partial charge in [0.2, 0.25) is 0 Å². The molecule has 0 saturated heterocycles. The van der Waals surface area contributed by atoms with Crippen LogP contribution in [0.2, 0.25) is 0 Å². The van der Waals surface area contributed by atoms with Gasteiger partial charge in [0.1, 0.15) is 12.4 Å². The largest absolute Gasteiger partial charge is 0.492 e. The Hall–Kier alpha value is -1.06. The smallest absolute Gasteiger partial charge is 0.119 e. The summed E-state index contributed by atoms with van der Waals surface area (Å²) in [7, 11) is 2.15. The van der Waals surface area contributed by atoms with E-state index in [1.165, 1.54) is 11.1 Å². The van der Waals surface area contributed by atoms with Crippen molar-refractivity contribution in [2.24, 2.45) is 5.73 Å². The van der Waals surface area contributed by atoms with Gasteiger partial charge in [0.05, 0.1) is 0 Å². The molecule has 1 heterocycles. The molecule has 1 aliphatic rings. The first-order chi connectivity index (χ1) is 7.29. The molecule has 1 aliphatic heterocycles. The van der Waals surface area contributed by atoms with Gasteiger partial charge in [-0.15, -0.1) is 0 Å². The molecule has 0 amide bonds. The van der Waals surface area contributed by atoms with Crippen LogP contribution >= 0.6 is 0 Å². The molecule has 0 saturated carbocycles. The van der Waals surface area contributed by atoms with Gasteiger partial charge >= 0.3 is 0 Å². The maximum Gasteiger partial charge on any atom is 0.119 e. The van der Waals surface area contributed by atoms with Crippen LogP contribution < -0.4 is 10.5 Å². The number of fused-ring (bicyclic) bond motifs is 1. The Kier molecular flexibility index (Phi) is 3.23. The van der Waals surface area contributed by atoms with E-state index in [1.807, 2.05) is 6.07 Å². The van der Waals surface area contributed by atoms with Gasteiger partial charge in [-0.1, -0.05) is 6.07 Å². The summed E-state index contributed by atoms with van der Waals surface area (Å²) >= 11 is 0. The lowest BCUT2D eigenvalue weighted by molar-refractivity contribution is 0.308. The third-order valence-electron chi connectivity index (χ3n) is 2.77. The monoisotopic (exact) mass is 206 g/mol. The number of hydrogen-bond acceptors (Lipinski definition) is 3. The van der Waals surface area contributed by atoms with Crippen LogP contribution in [0.1, 0.15) is 11.1 Å². The van der Waals surface area contributed by atoms with Gasteiger partial charge in [0, 0.05) is 19.6 Å². The van der Waals surface area contributed by atoms with Crippen molar-refractivity contribution in [1.29, 1.82) is 0 Å². The fourth-order valence-corrected chi connectivity index (χ4v) is 1.94. The molecule has 0 aliphatic carbocycles.